The minimum Gasteiger partial charge on any atom is -0.480 e. The molecule has 0 saturated heterocycles. The summed E-state index contributed by atoms with van der Waals surface area (Å²) in [6, 6.07) is 4.51. The van der Waals surface area contributed by atoms with Crippen LogP contribution in [0.2, 0.25) is 0 Å². The molecule has 2 rings (SSSR count). The van der Waals surface area contributed by atoms with Crippen molar-refractivity contribution in [2.75, 3.05) is 0 Å². The summed E-state index contributed by atoms with van der Waals surface area (Å²) < 4.78 is 12.8. The molecule has 1 aliphatic carbocycles. The number of hydrogen-bond donors (Lipinski definition) is 2. The van der Waals surface area contributed by atoms with Crippen LogP contribution in [0.1, 0.15) is 30.1 Å². The Balaban J connectivity index is 2.13. The van der Waals surface area contributed by atoms with Crippen LogP contribution in [-0.4, -0.2) is 28.3 Å². The third-order valence-electron chi connectivity index (χ3n) is 3.52. The lowest BCUT2D eigenvalue weighted by atomic mass is 9.95. The van der Waals surface area contributed by atoms with Gasteiger partial charge in [0.1, 0.15) is 11.4 Å². The van der Waals surface area contributed by atoms with Gasteiger partial charge >= 0.3 is 5.97 Å². The molecule has 106 valence electrons. The van der Waals surface area contributed by atoms with Crippen LogP contribution in [0.5, 0.6) is 0 Å². The molecule has 1 aromatic carbocycles. The molecule has 1 aromatic rings. The number of ketones is 1. The zero-order chi connectivity index (χ0) is 14.9. The Bertz CT molecular complexity index is 565. The SMILES string of the molecule is CC(NC(=O)C(=O)c1ccc(F)cc1)(C(=O)O)C1CC1. The van der Waals surface area contributed by atoms with Crippen molar-refractivity contribution in [3.05, 3.63) is 35.6 Å². The number of carbonyl (C=O) groups excluding carboxylic acids is 2. The Morgan fingerprint density at radius 3 is 2.25 bits per heavy atom. The van der Waals surface area contributed by atoms with Crippen molar-refractivity contribution < 1.29 is 23.9 Å². The maximum absolute atomic E-state index is 12.8. The number of benzene rings is 1. The van der Waals surface area contributed by atoms with Crippen LogP contribution in [-0.2, 0) is 9.59 Å². The largest absolute Gasteiger partial charge is 0.480 e. The van der Waals surface area contributed by atoms with E-state index in [1.807, 2.05) is 0 Å². The maximum Gasteiger partial charge on any atom is 0.329 e. The van der Waals surface area contributed by atoms with Gasteiger partial charge in [-0.05, 0) is 49.9 Å². The number of aliphatic carboxylic acids is 1. The van der Waals surface area contributed by atoms with Crippen LogP contribution in [0.15, 0.2) is 24.3 Å². The summed E-state index contributed by atoms with van der Waals surface area (Å²) in [5, 5.41) is 11.5. The van der Waals surface area contributed by atoms with Crippen molar-refractivity contribution in [3.63, 3.8) is 0 Å². The monoisotopic (exact) mass is 279 g/mol. The van der Waals surface area contributed by atoms with E-state index in [4.69, 9.17) is 0 Å². The van der Waals surface area contributed by atoms with Crippen molar-refractivity contribution in [1.82, 2.24) is 5.32 Å². The second-order valence-electron chi connectivity index (χ2n) is 5.07. The molecule has 0 bridgehead atoms. The third kappa shape index (κ3) is 2.68. The summed E-state index contributed by atoms with van der Waals surface area (Å²) in [5.74, 6) is -3.72. The van der Waals surface area contributed by atoms with Gasteiger partial charge in [-0.2, -0.15) is 0 Å². The topological polar surface area (TPSA) is 83.5 Å². The third-order valence-corrected chi connectivity index (χ3v) is 3.52. The first-order valence-corrected chi connectivity index (χ1v) is 6.20. The molecule has 20 heavy (non-hydrogen) atoms. The molecule has 0 spiro atoms. The summed E-state index contributed by atoms with van der Waals surface area (Å²) in [6.07, 6.45) is 1.40. The molecule has 1 amide bonds. The van der Waals surface area contributed by atoms with E-state index in [1.165, 1.54) is 19.1 Å². The van der Waals surface area contributed by atoms with Crippen LogP contribution in [0.3, 0.4) is 0 Å². The fraction of sp³-hybridized carbons (Fsp3) is 0.357. The van der Waals surface area contributed by atoms with Crippen LogP contribution >= 0.6 is 0 Å². The fourth-order valence-corrected chi connectivity index (χ4v) is 2.02. The molecule has 0 aliphatic heterocycles. The van der Waals surface area contributed by atoms with Gasteiger partial charge in [0.2, 0.25) is 5.78 Å². The number of carboxylic acid groups (broad SMARTS) is 1. The molecule has 0 aromatic heterocycles. The molecule has 1 aliphatic rings. The van der Waals surface area contributed by atoms with E-state index < -0.39 is 29.0 Å². The van der Waals surface area contributed by atoms with E-state index in [1.54, 1.807) is 0 Å². The van der Waals surface area contributed by atoms with Gasteiger partial charge in [0, 0.05) is 5.56 Å². The molecule has 1 fully saturated rings. The van der Waals surface area contributed by atoms with Gasteiger partial charge in [0.25, 0.3) is 5.91 Å². The zero-order valence-electron chi connectivity index (χ0n) is 10.9. The Hall–Kier alpha value is -2.24. The van der Waals surface area contributed by atoms with Gasteiger partial charge in [0.15, 0.2) is 0 Å². The zero-order valence-corrected chi connectivity index (χ0v) is 10.9. The number of rotatable bonds is 5. The predicted molar refractivity (Wildman–Crippen MR) is 67.6 cm³/mol. The molecule has 6 heteroatoms. The smallest absolute Gasteiger partial charge is 0.329 e. The van der Waals surface area contributed by atoms with Crippen LogP contribution < -0.4 is 5.32 Å². The van der Waals surface area contributed by atoms with Gasteiger partial charge in [-0.25, -0.2) is 9.18 Å². The highest BCUT2D eigenvalue weighted by molar-refractivity contribution is 6.43. The Morgan fingerprint density at radius 1 is 1.25 bits per heavy atom. The Labute approximate surface area is 114 Å². The van der Waals surface area contributed by atoms with Gasteiger partial charge in [-0.3, -0.25) is 9.59 Å². The van der Waals surface area contributed by atoms with Crippen molar-refractivity contribution in [1.29, 1.82) is 0 Å². The first kappa shape index (κ1) is 14.2. The summed E-state index contributed by atoms with van der Waals surface area (Å²) in [6.45, 7) is 1.39. The molecule has 2 N–H and O–H groups in total. The minimum absolute atomic E-state index is 0.0208. The van der Waals surface area contributed by atoms with E-state index in [9.17, 15) is 23.9 Å². The van der Waals surface area contributed by atoms with E-state index in [-0.39, 0.29) is 11.5 Å². The molecular weight excluding hydrogens is 265 g/mol. The highest BCUT2D eigenvalue weighted by atomic mass is 19.1. The molecule has 0 radical (unpaired) electrons. The molecule has 1 atom stereocenters. The number of carbonyl (C=O) groups is 3. The summed E-state index contributed by atoms with van der Waals surface area (Å²) in [5.41, 5.74) is -1.42. The summed E-state index contributed by atoms with van der Waals surface area (Å²) in [7, 11) is 0. The number of nitrogens with one attached hydrogen (secondary N) is 1. The van der Waals surface area contributed by atoms with Crippen molar-refractivity contribution in [2.45, 2.75) is 25.3 Å². The van der Waals surface area contributed by atoms with Crippen molar-refractivity contribution >= 4 is 17.7 Å². The quantitative estimate of drug-likeness (QED) is 0.630. The first-order valence-electron chi connectivity index (χ1n) is 6.20. The number of halogens is 1. The summed E-state index contributed by atoms with van der Waals surface area (Å²) in [4.78, 5) is 35.0. The van der Waals surface area contributed by atoms with E-state index in [0.29, 0.717) is 12.8 Å². The average molecular weight is 279 g/mol. The second kappa shape index (κ2) is 5.03. The Morgan fingerprint density at radius 2 is 1.80 bits per heavy atom. The number of amides is 1. The Kier molecular flexibility index (Phi) is 3.57. The van der Waals surface area contributed by atoms with E-state index in [0.717, 1.165) is 12.1 Å². The standard InChI is InChI=1S/C14H14FNO4/c1-14(13(19)20,9-4-5-9)16-12(18)11(17)8-2-6-10(15)7-3-8/h2-3,6-7,9H,4-5H2,1H3,(H,16,18)(H,19,20). The van der Waals surface area contributed by atoms with Gasteiger partial charge in [-0.15, -0.1) is 0 Å². The molecular formula is C14H14FNO4. The molecule has 5 nitrogen and oxygen atoms in total. The predicted octanol–water partition coefficient (Wildman–Crippen LogP) is 1.38. The number of Topliss-reactive ketones (excluding diaryl/α,β-unsaturated/α-hetero) is 1. The van der Waals surface area contributed by atoms with Gasteiger partial charge < -0.3 is 10.4 Å². The highest BCUT2D eigenvalue weighted by Gasteiger charge is 2.49. The van der Waals surface area contributed by atoms with Crippen LogP contribution in [0, 0.1) is 11.7 Å². The second-order valence-corrected chi connectivity index (χ2v) is 5.07. The first-order chi connectivity index (χ1) is 9.34. The minimum atomic E-state index is -1.44. The normalized spacial score (nSPS) is 17.1. The summed E-state index contributed by atoms with van der Waals surface area (Å²) >= 11 is 0. The highest BCUT2D eigenvalue weighted by Crippen LogP contribution is 2.39. The van der Waals surface area contributed by atoms with Gasteiger partial charge in [0.05, 0.1) is 0 Å². The lowest BCUT2D eigenvalue weighted by molar-refractivity contribution is -0.147. The van der Waals surface area contributed by atoms with E-state index in [2.05, 4.69) is 5.32 Å². The molecule has 1 unspecified atom stereocenters. The number of carboxylic acids is 1. The average Bonchev–Trinajstić information content (AvgIpc) is 3.23. The van der Waals surface area contributed by atoms with Crippen LogP contribution in [0.25, 0.3) is 0 Å². The van der Waals surface area contributed by atoms with Crippen molar-refractivity contribution in [3.8, 4) is 0 Å². The fourth-order valence-electron chi connectivity index (χ4n) is 2.02. The lowest BCUT2D eigenvalue weighted by Crippen LogP contribution is -2.55. The van der Waals surface area contributed by atoms with Gasteiger partial charge in [-0.1, -0.05) is 0 Å². The molecule has 1 saturated carbocycles. The maximum atomic E-state index is 12.8. The lowest BCUT2D eigenvalue weighted by Gasteiger charge is -2.25. The van der Waals surface area contributed by atoms with Crippen LogP contribution in [0.4, 0.5) is 4.39 Å². The molecule has 0 heterocycles. The number of hydrogen-bond acceptors (Lipinski definition) is 3. The van der Waals surface area contributed by atoms with E-state index >= 15 is 0 Å². The van der Waals surface area contributed by atoms with Crippen molar-refractivity contribution in [2.24, 2.45) is 5.92 Å².